The van der Waals surface area contributed by atoms with Crippen molar-refractivity contribution in [3.8, 4) is 0 Å². The summed E-state index contributed by atoms with van der Waals surface area (Å²) in [4.78, 5) is 24.4. The summed E-state index contributed by atoms with van der Waals surface area (Å²) in [6.45, 7) is 0. The Labute approximate surface area is 95.6 Å². The second kappa shape index (κ2) is 10.1. The molecule has 15 heavy (non-hydrogen) atoms. The van der Waals surface area contributed by atoms with E-state index >= 15 is 0 Å². The molecule has 0 aromatic heterocycles. The van der Waals surface area contributed by atoms with E-state index in [1.807, 2.05) is 0 Å². The number of nitrogens with two attached hydrogens (primary N) is 2. The summed E-state index contributed by atoms with van der Waals surface area (Å²) in [6.07, 6.45) is 0. The topological polar surface area (TPSA) is 206 Å². The molecule has 0 rings (SSSR count). The average molecular weight is 264 g/mol. The molecule has 0 aromatic carbocycles. The Morgan fingerprint density at radius 2 is 1.00 bits per heavy atom. The molecule has 10 nitrogen and oxygen atoms in total. The van der Waals surface area contributed by atoms with Crippen LogP contribution in [0.4, 0.5) is 9.59 Å². The molecule has 0 atom stereocenters. The van der Waals surface area contributed by atoms with Crippen LogP contribution in [-0.2, 0) is 17.1 Å². The molecule has 0 unspecified atom stereocenters. The molecule has 8 N–H and O–H groups in total. The standard InChI is InChI=1S/2C2H5N4O.Cu/c2*3-1(4)6-2(5)7;/h2*(H5-,3,4,5,6,7);/q2*-1;/p-2. The number of nitrogens with one attached hydrogen (secondary N) is 4. The zero-order valence-corrected chi connectivity index (χ0v) is 8.11. The molecule has 11 heteroatoms. The minimum atomic E-state index is -1.19. The Kier molecular flexibility index (Phi) is 12.6. The monoisotopic (exact) mass is 263 g/mol. The van der Waals surface area contributed by atoms with Gasteiger partial charge in [-0.25, -0.2) is 0 Å². The number of amides is 4. The second-order valence-corrected chi connectivity index (χ2v) is 1.60. The van der Waals surface area contributed by atoms with Gasteiger partial charge in [0.25, 0.3) is 0 Å². The van der Waals surface area contributed by atoms with Gasteiger partial charge in [-0.1, -0.05) is 0 Å². The number of carbonyl (C=O) groups is 2. The van der Waals surface area contributed by atoms with E-state index in [4.69, 9.17) is 22.9 Å². The van der Waals surface area contributed by atoms with Crippen molar-refractivity contribution >= 4 is 24.0 Å². The third-order valence-electron chi connectivity index (χ3n) is 0.444. The zero-order valence-electron chi connectivity index (χ0n) is 7.17. The van der Waals surface area contributed by atoms with Gasteiger partial charge in [-0.15, -0.1) is 0 Å². The van der Waals surface area contributed by atoms with Gasteiger partial charge in [0.1, 0.15) is 0 Å². The largest absolute Gasteiger partial charge is 0.454 e. The molecule has 0 saturated heterocycles. The van der Waals surface area contributed by atoms with E-state index in [0.717, 1.165) is 0 Å². The van der Waals surface area contributed by atoms with Gasteiger partial charge < -0.3 is 44.4 Å². The van der Waals surface area contributed by atoms with Gasteiger partial charge in [-0.3, -0.25) is 9.59 Å². The van der Waals surface area contributed by atoms with Crippen LogP contribution >= 0.6 is 0 Å². The Hall–Kier alpha value is -2.00. The van der Waals surface area contributed by atoms with Crippen LogP contribution in [-0.4, -0.2) is 24.0 Å². The average Bonchev–Trinajstić information content (AvgIpc) is 1.79. The zero-order chi connectivity index (χ0) is 11.7. The van der Waals surface area contributed by atoms with Crippen molar-refractivity contribution in [1.29, 1.82) is 0 Å². The number of carbonyl (C=O) groups excluding carboxylic acids is 2. The first-order valence-corrected chi connectivity index (χ1v) is 2.88. The SMILES string of the molecule is [Cu].[NH-]C(=O)N=C([NH-])N.[NH-]C(=O)N=C([NH-])N. The number of hydrogen-bond donors (Lipinski definition) is 2. The minimum absolute atomic E-state index is 0. The van der Waals surface area contributed by atoms with Gasteiger partial charge in [0.15, 0.2) is 12.1 Å². The van der Waals surface area contributed by atoms with Crippen LogP contribution in [0, 0.1) is 0 Å². The van der Waals surface area contributed by atoms with Gasteiger partial charge in [-0.2, -0.15) is 0 Å². The summed E-state index contributed by atoms with van der Waals surface area (Å²) >= 11 is 0. The van der Waals surface area contributed by atoms with Crippen LogP contribution in [0.5, 0.6) is 0 Å². The summed E-state index contributed by atoms with van der Waals surface area (Å²) in [5.41, 5.74) is 33.9. The maximum absolute atomic E-state index is 9.53. The van der Waals surface area contributed by atoms with Crippen LogP contribution in [0.3, 0.4) is 0 Å². The number of nitrogens with zero attached hydrogens (tertiary/aromatic N) is 2. The molecule has 0 heterocycles. The molecule has 1 radical (unpaired) electrons. The maximum Gasteiger partial charge on any atom is 0.189 e. The van der Waals surface area contributed by atoms with Crippen LogP contribution in [0.2, 0.25) is 0 Å². The molecule has 0 spiro atoms. The molecule has 0 bridgehead atoms. The minimum Gasteiger partial charge on any atom is -0.454 e. The fourth-order valence-electron chi connectivity index (χ4n) is 0.219. The van der Waals surface area contributed by atoms with Crippen molar-refractivity contribution in [1.82, 2.24) is 0 Å². The van der Waals surface area contributed by atoms with Crippen molar-refractivity contribution in [2.75, 3.05) is 0 Å². The Bertz CT molecular complexity index is 238. The molecule has 0 saturated carbocycles. The first-order valence-electron chi connectivity index (χ1n) is 2.88. The smallest absolute Gasteiger partial charge is 0.189 e. The van der Waals surface area contributed by atoms with Crippen LogP contribution < -0.4 is 11.5 Å². The van der Waals surface area contributed by atoms with Gasteiger partial charge in [0.2, 0.25) is 0 Å². The van der Waals surface area contributed by atoms with Crippen molar-refractivity contribution in [2.24, 2.45) is 21.5 Å². The second-order valence-electron chi connectivity index (χ2n) is 1.60. The Morgan fingerprint density at radius 1 is 0.800 bits per heavy atom. The number of rotatable bonds is 0. The predicted molar refractivity (Wildman–Crippen MR) is 51.3 cm³/mol. The number of guanidine groups is 2. The summed E-state index contributed by atoms with van der Waals surface area (Å²) in [5, 5.41) is 0. The van der Waals surface area contributed by atoms with E-state index in [-0.39, 0.29) is 17.1 Å². The summed E-state index contributed by atoms with van der Waals surface area (Å²) in [5.74, 6) is -1.25. The molecule has 91 valence electrons. The molecule has 0 aromatic rings. The van der Waals surface area contributed by atoms with Gasteiger partial charge >= 0.3 is 0 Å². The van der Waals surface area contributed by atoms with E-state index in [1.54, 1.807) is 0 Å². The molecular formula is C4H8CuN8O2-4. The van der Waals surface area contributed by atoms with Crippen molar-refractivity contribution in [3.05, 3.63) is 22.9 Å². The summed E-state index contributed by atoms with van der Waals surface area (Å²) in [6, 6.07) is -2.38. The molecule has 0 aliphatic heterocycles. The summed E-state index contributed by atoms with van der Waals surface area (Å²) < 4.78 is 0. The van der Waals surface area contributed by atoms with Crippen molar-refractivity contribution < 1.29 is 26.7 Å². The fourth-order valence-corrected chi connectivity index (χ4v) is 0.219. The third kappa shape index (κ3) is 33.3. The third-order valence-corrected chi connectivity index (χ3v) is 0.444. The van der Waals surface area contributed by atoms with Gasteiger partial charge in [-0.05, 0) is 0 Å². The van der Waals surface area contributed by atoms with Crippen LogP contribution in [0.1, 0.15) is 0 Å². The van der Waals surface area contributed by atoms with Crippen molar-refractivity contribution in [2.45, 2.75) is 0 Å². The van der Waals surface area contributed by atoms with E-state index in [0.29, 0.717) is 0 Å². The normalized spacial score (nSPS) is 10.4. The number of hydrogen-bond acceptors (Lipinski definition) is 2. The van der Waals surface area contributed by atoms with Gasteiger partial charge in [0.05, 0.1) is 0 Å². The fraction of sp³-hybridized carbons (Fsp3) is 0. The van der Waals surface area contributed by atoms with Crippen molar-refractivity contribution in [3.63, 3.8) is 0 Å². The Morgan fingerprint density at radius 3 is 1.00 bits per heavy atom. The first-order chi connectivity index (χ1) is 6.25. The molecule has 0 aliphatic carbocycles. The van der Waals surface area contributed by atoms with E-state index in [1.165, 1.54) is 0 Å². The van der Waals surface area contributed by atoms with Crippen LogP contribution in [0.15, 0.2) is 9.98 Å². The number of urea groups is 2. The van der Waals surface area contributed by atoms with E-state index in [9.17, 15) is 9.59 Å². The molecule has 0 aliphatic rings. The molecule has 4 amide bonds. The van der Waals surface area contributed by atoms with Gasteiger partial charge in [0, 0.05) is 29.0 Å². The maximum atomic E-state index is 9.53. The predicted octanol–water partition coefficient (Wildman–Crippen LogP) is 1.05. The Balaban J connectivity index is -0.000000180. The van der Waals surface area contributed by atoms with E-state index < -0.39 is 24.0 Å². The molecule has 0 fully saturated rings. The summed E-state index contributed by atoms with van der Waals surface area (Å²) in [7, 11) is 0. The quantitative estimate of drug-likeness (QED) is 0.373. The van der Waals surface area contributed by atoms with E-state index in [2.05, 4.69) is 21.5 Å². The van der Waals surface area contributed by atoms with Crippen LogP contribution in [0.25, 0.3) is 22.9 Å². The molecular weight excluding hydrogens is 256 g/mol. The first kappa shape index (κ1) is 18.7. The number of aliphatic imine (C=N–C) groups is 2.